The number of benzene rings is 2. The first-order valence-corrected chi connectivity index (χ1v) is 9.00. The first-order valence-electron chi connectivity index (χ1n) is 9.00. The molecule has 6 nitrogen and oxygen atoms in total. The molecule has 1 aliphatic rings. The van der Waals surface area contributed by atoms with E-state index >= 15 is 0 Å². The van der Waals surface area contributed by atoms with Crippen molar-refractivity contribution in [3.63, 3.8) is 0 Å². The van der Waals surface area contributed by atoms with Gasteiger partial charge >= 0.3 is 0 Å². The van der Waals surface area contributed by atoms with E-state index in [1.807, 2.05) is 53.4 Å². The van der Waals surface area contributed by atoms with Gasteiger partial charge in [-0.2, -0.15) is 0 Å². The molecule has 2 aromatic carbocycles. The van der Waals surface area contributed by atoms with Crippen molar-refractivity contribution in [1.29, 1.82) is 0 Å². The van der Waals surface area contributed by atoms with Gasteiger partial charge in [-0.1, -0.05) is 24.3 Å². The molecule has 1 atom stereocenters. The Hall–Kier alpha value is -2.73. The first-order chi connectivity index (χ1) is 13.1. The fraction of sp³-hybridized carbons (Fsp3) is 0.381. The third-order valence-corrected chi connectivity index (χ3v) is 4.90. The summed E-state index contributed by atoms with van der Waals surface area (Å²) in [5.74, 6) is 2.09. The van der Waals surface area contributed by atoms with Gasteiger partial charge < -0.3 is 19.1 Å². The highest BCUT2D eigenvalue weighted by Crippen LogP contribution is 2.33. The van der Waals surface area contributed by atoms with Gasteiger partial charge in [0, 0.05) is 19.6 Å². The number of ether oxygens (including phenoxy) is 3. The van der Waals surface area contributed by atoms with Crippen molar-refractivity contribution in [2.24, 2.45) is 0 Å². The summed E-state index contributed by atoms with van der Waals surface area (Å²) in [6, 6.07) is 15.4. The van der Waals surface area contributed by atoms with Crippen LogP contribution in [0.3, 0.4) is 0 Å². The standard InChI is InChI=1S/C21H26N2O4/c1-22-11-12-23(21(24)15-27-17-7-5-4-6-8-17)14-18(22)16-9-10-19(25-2)20(13-16)26-3/h4-10,13,18H,11-12,14-15H2,1-3H3. The Labute approximate surface area is 160 Å². The van der Waals surface area contributed by atoms with E-state index in [2.05, 4.69) is 11.9 Å². The lowest BCUT2D eigenvalue weighted by Crippen LogP contribution is -2.50. The highest BCUT2D eigenvalue weighted by Gasteiger charge is 2.29. The van der Waals surface area contributed by atoms with Crippen LogP contribution in [0.2, 0.25) is 0 Å². The Bertz CT molecular complexity index is 766. The number of carbonyl (C=O) groups is 1. The minimum Gasteiger partial charge on any atom is -0.493 e. The van der Waals surface area contributed by atoms with Crippen LogP contribution in [-0.2, 0) is 4.79 Å². The van der Waals surface area contributed by atoms with Crippen molar-refractivity contribution in [2.75, 3.05) is 47.5 Å². The summed E-state index contributed by atoms with van der Waals surface area (Å²) in [4.78, 5) is 16.7. The molecule has 6 heteroatoms. The van der Waals surface area contributed by atoms with Crippen molar-refractivity contribution in [2.45, 2.75) is 6.04 Å². The molecule has 1 saturated heterocycles. The van der Waals surface area contributed by atoms with E-state index in [0.717, 1.165) is 12.1 Å². The Morgan fingerprint density at radius 3 is 2.48 bits per heavy atom. The number of likely N-dealkylation sites (N-methyl/N-ethyl adjacent to an activating group) is 1. The molecule has 1 heterocycles. The van der Waals surface area contributed by atoms with Crippen LogP contribution in [0.1, 0.15) is 11.6 Å². The zero-order chi connectivity index (χ0) is 19.2. The van der Waals surface area contributed by atoms with Crippen molar-refractivity contribution < 1.29 is 19.0 Å². The average molecular weight is 370 g/mol. The van der Waals surface area contributed by atoms with Gasteiger partial charge in [-0.3, -0.25) is 9.69 Å². The van der Waals surface area contributed by atoms with Gasteiger partial charge in [-0.05, 0) is 36.9 Å². The summed E-state index contributed by atoms with van der Waals surface area (Å²) >= 11 is 0. The Balaban J connectivity index is 1.67. The largest absolute Gasteiger partial charge is 0.493 e. The molecule has 0 spiro atoms. The minimum absolute atomic E-state index is 0.00238. The van der Waals surface area contributed by atoms with Gasteiger partial charge in [0.2, 0.25) is 0 Å². The molecule has 1 unspecified atom stereocenters. The zero-order valence-corrected chi connectivity index (χ0v) is 16.1. The molecule has 27 heavy (non-hydrogen) atoms. The SMILES string of the molecule is COc1ccc(C2CN(C(=O)COc3ccccc3)CCN2C)cc1OC. The summed E-state index contributed by atoms with van der Waals surface area (Å²) in [5, 5.41) is 0. The van der Waals surface area contributed by atoms with E-state index in [1.165, 1.54) is 0 Å². The lowest BCUT2D eigenvalue weighted by Gasteiger charge is -2.39. The predicted molar refractivity (Wildman–Crippen MR) is 103 cm³/mol. The fourth-order valence-electron chi connectivity index (χ4n) is 3.27. The Morgan fingerprint density at radius 1 is 1.04 bits per heavy atom. The summed E-state index contributed by atoms with van der Waals surface area (Å²) in [6.45, 7) is 2.16. The van der Waals surface area contributed by atoms with Crippen LogP contribution < -0.4 is 14.2 Å². The summed E-state index contributed by atoms with van der Waals surface area (Å²) < 4.78 is 16.4. The van der Waals surface area contributed by atoms with Crippen LogP contribution in [0.25, 0.3) is 0 Å². The van der Waals surface area contributed by atoms with Gasteiger partial charge in [0.05, 0.1) is 20.3 Å². The Kier molecular flexibility index (Phi) is 6.19. The van der Waals surface area contributed by atoms with Gasteiger partial charge in [0.25, 0.3) is 5.91 Å². The lowest BCUT2D eigenvalue weighted by atomic mass is 10.0. The second-order valence-corrected chi connectivity index (χ2v) is 6.55. The normalized spacial score (nSPS) is 17.4. The number of amides is 1. The van der Waals surface area contributed by atoms with Crippen LogP contribution in [0, 0.1) is 0 Å². The maximum absolute atomic E-state index is 12.6. The van der Waals surface area contributed by atoms with Gasteiger partial charge in [-0.15, -0.1) is 0 Å². The predicted octanol–water partition coefficient (Wildman–Crippen LogP) is 2.60. The summed E-state index contributed by atoms with van der Waals surface area (Å²) in [7, 11) is 5.32. The van der Waals surface area contributed by atoms with E-state index in [9.17, 15) is 4.79 Å². The van der Waals surface area contributed by atoms with Gasteiger partial charge in [-0.25, -0.2) is 0 Å². The molecule has 0 bridgehead atoms. The van der Waals surface area contributed by atoms with E-state index in [1.54, 1.807) is 14.2 Å². The topological polar surface area (TPSA) is 51.2 Å². The Morgan fingerprint density at radius 2 is 1.78 bits per heavy atom. The lowest BCUT2D eigenvalue weighted by molar-refractivity contribution is -0.136. The third-order valence-electron chi connectivity index (χ3n) is 4.90. The number of hydrogen-bond donors (Lipinski definition) is 0. The molecular weight excluding hydrogens is 344 g/mol. The van der Waals surface area contributed by atoms with Crippen LogP contribution in [-0.4, -0.2) is 63.2 Å². The molecule has 1 fully saturated rings. The summed E-state index contributed by atoms with van der Waals surface area (Å²) in [6.07, 6.45) is 0. The number of hydrogen-bond acceptors (Lipinski definition) is 5. The molecule has 0 N–H and O–H groups in total. The van der Waals surface area contributed by atoms with Gasteiger partial charge in [0.15, 0.2) is 18.1 Å². The molecule has 0 saturated carbocycles. The minimum atomic E-state index is -0.00238. The maximum atomic E-state index is 12.6. The van der Waals surface area contributed by atoms with Crippen LogP contribution >= 0.6 is 0 Å². The maximum Gasteiger partial charge on any atom is 0.260 e. The molecule has 0 aromatic heterocycles. The summed E-state index contributed by atoms with van der Waals surface area (Å²) in [5.41, 5.74) is 1.09. The number of carbonyl (C=O) groups excluding carboxylic acids is 1. The average Bonchev–Trinajstić information content (AvgIpc) is 2.72. The van der Waals surface area contributed by atoms with Crippen molar-refractivity contribution >= 4 is 5.91 Å². The molecule has 2 aromatic rings. The molecular formula is C21H26N2O4. The monoisotopic (exact) mass is 370 g/mol. The number of piperazine rings is 1. The second-order valence-electron chi connectivity index (χ2n) is 6.55. The zero-order valence-electron chi connectivity index (χ0n) is 16.1. The molecule has 1 aliphatic heterocycles. The molecule has 0 aliphatic carbocycles. The number of rotatable bonds is 6. The van der Waals surface area contributed by atoms with Gasteiger partial charge in [0.1, 0.15) is 5.75 Å². The number of methoxy groups -OCH3 is 2. The van der Waals surface area contributed by atoms with Crippen LogP contribution in [0.4, 0.5) is 0 Å². The fourth-order valence-corrected chi connectivity index (χ4v) is 3.27. The van der Waals surface area contributed by atoms with E-state index in [-0.39, 0.29) is 18.6 Å². The first kappa shape index (κ1) is 19.0. The van der Waals surface area contributed by atoms with E-state index in [4.69, 9.17) is 14.2 Å². The third kappa shape index (κ3) is 4.52. The smallest absolute Gasteiger partial charge is 0.260 e. The van der Waals surface area contributed by atoms with Crippen LogP contribution in [0.15, 0.2) is 48.5 Å². The quantitative estimate of drug-likeness (QED) is 0.782. The highest BCUT2D eigenvalue weighted by molar-refractivity contribution is 5.78. The van der Waals surface area contributed by atoms with Crippen LogP contribution in [0.5, 0.6) is 17.2 Å². The molecule has 144 valence electrons. The second kappa shape index (κ2) is 8.77. The van der Waals surface area contributed by atoms with Crippen molar-refractivity contribution in [1.82, 2.24) is 9.80 Å². The molecule has 0 radical (unpaired) electrons. The number of para-hydroxylation sites is 1. The van der Waals surface area contributed by atoms with Crippen molar-refractivity contribution in [3.05, 3.63) is 54.1 Å². The molecule has 3 rings (SSSR count). The number of nitrogens with zero attached hydrogens (tertiary/aromatic N) is 2. The van der Waals surface area contributed by atoms with Crippen molar-refractivity contribution in [3.8, 4) is 17.2 Å². The van der Waals surface area contributed by atoms with E-state index in [0.29, 0.717) is 30.3 Å². The van der Waals surface area contributed by atoms with E-state index < -0.39 is 0 Å². The molecule has 1 amide bonds. The highest BCUT2D eigenvalue weighted by atomic mass is 16.5.